The van der Waals surface area contributed by atoms with E-state index >= 15 is 0 Å². The molecule has 0 rings (SSSR count). The first-order chi connectivity index (χ1) is 6.45. The molecule has 0 aromatic rings. The van der Waals surface area contributed by atoms with Crippen LogP contribution < -0.4 is 10.6 Å². The summed E-state index contributed by atoms with van der Waals surface area (Å²) in [6.45, 7) is 7.14. The fraction of sp³-hybridized carbons (Fsp3) is 0.800. The van der Waals surface area contributed by atoms with E-state index in [1.807, 2.05) is 26.8 Å². The second-order valence-corrected chi connectivity index (χ2v) is 4.21. The van der Waals surface area contributed by atoms with E-state index < -0.39 is 0 Å². The van der Waals surface area contributed by atoms with Crippen LogP contribution in [0.25, 0.3) is 0 Å². The van der Waals surface area contributed by atoms with Crippen LogP contribution in [0, 0.1) is 11.3 Å². The van der Waals surface area contributed by atoms with Crippen LogP contribution in [0.1, 0.15) is 33.6 Å². The van der Waals surface area contributed by atoms with Gasteiger partial charge < -0.3 is 10.6 Å². The summed E-state index contributed by atoms with van der Waals surface area (Å²) in [4.78, 5) is 11.3. The highest BCUT2D eigenvalue weighted by molar-refractivity contribution is 5.76. The molecule has 0 spiro atoms. The molecule has 0 fully saturated rings. The van der Waals surface area contributed by atoms with E-state index in [1.165, 1.54) is 0 Å². The SMILES string of the molecule is CC(C)(C)NC(=O)CCNCCC#N. The summed E-state index contributed by atoms with van der Waals surface area (Å²) in [5, 5.41) is 14.1. The molecule has 0 unspecified atom stereocenters. The maximum Gasteiger partial charge on any atom is 0.221 e. The molecule has 0 aliphatic heterocycles. The van der Waals surface area contributed by atoms with Crippen molar-refractivity contribution in [1.82, 2.24) is 10.6 Å². The molecule has 0 aliphatic carbocycles. The monoisotopic (exact) mass is 197 g/mol. The third-order valence-corrected chi connectivity index (χ3v) is 1.46. The Morgan fingerprint density at radius 1 is 1.36 bits per heavy atom. The zero-order valence-electron chi connectivity index (χ0n) is 9.18. The summed E-state index contributed by atoms with van der Waals surface area (Å²) in [6, 6.07) is 2.03. The molecule has 4 heteroatoms. The van der Waals surface area contributed by atoms with Crippen molar-refractivity contribution in [2.24, 2.45) is 0 Å². The van der Waals surface area contributed by atoms with Crippen molar-refractivity contribution in [2.45, 2.75) is 39.2 Å². The molecule has 0 aliphatic rings. The first-order valence-corrected chi connectivity index (χ1v) is 4.84. The Balaban J connectivity index is 3.42. The van der Waals surface area contributed by atoms with Gasteiger partial charge in [-0.05, 0) is 20.8 Å². The number of carbonyl (C=O) groups excluding carboxylic acids is 1. The molecule has 0 saturated carbocycles. The summed E-state index contributed by atoms with van der Waals surface area (Å²) >= 11 is 0. The van der Waals surface area contributed by atoms with E-state index in [2.05, 4.69) is 10.6 Å². The van der Waals surface area contributed by atoms with Crippen molar-refractivity contribution < 1.29 is 4.79 Å². The molecule has 4 nitrogen and oxygen atoms in total. The Labute approximate surface area is 85.7 Å². The maximum atomic E-state index is 11.3. The van der Waals surface area contributed by atoms with Gasteiger partial charge >= 0.3 is 0 Å². The van der Waals surface area contributed by atoms with E-state index in [1.54, 1.807) is 0 Å². The van der Waals surface area contributed by atoms with Gasteiger partial charge in [-0.25, -0.2) is 0 Å². The Morgan fingerprint density at radius 2 is 2.00 bits per heavy atom. The minimum Gasteiger partial charge on any atom is -0.351 e. The molecule has 2 N–H and O–H groups in total. The molecule has 0 aromatic heterocycles. The second kappa shape index (κ2) is 6.39. The summed E-state index contributed by atoms with van der Waals surface area (Å²) in [7, 11) is 0. The van der Waals surface area contributed by atoms with Gasteiger partial charge in [0.1, 0.15) is 0 Å². The van der Waals surface area contributed by atoms with E-state index in [4.69, 9.17) is 5.26 Å². The van der Waals surface area contributed by atoms with Crippen LogP contribution in [0.4, 0.5) is 0 Å². The Bertz CT molecular complexity index is 212. The highest BCUT2D eigenvalue weighted by Gasteiger charge is 2.12. The predicted octanol–water partition coefficient (Wildman–Crippen LogP) is 0.794. The first kappa shape index (κ1) is 12.9. The quantitative estimate of drug-likeness (QED) is 0.640. The van der Waals surface area contributed by atoms with Crippen LogP contribution in [-0.2, 0) is 4.79 Å². The van der Waals surface area contributed by atoms with Gasteiger partial charge in [0.15, 0.2) is 0 Å². The van der Waals surface area contributed by atoms with E-state index in [9.17, 15) is 4.79 Å². The summed E-state index contributed by atoms with van der Waals surface area (Å²) in [5.74, 6) is 0.0435. The van der Waals surface area contributed by atoms with Crippen LogP contribution in [0.2, 0.25) is 0 Å². The molecular weight excluding hydrogens is 178 g/mol. The van der Waals surface area contributed by atoms with Crippen LogP contribution in [0.15, 0.2) is 0 Å². The zero-order valence-corrected chi connectivity index (χ0v) is 9.18. The van der Waals surface area contributed by atoms with Crippen LogP contribution >= 0.6 is 0 Å². The number of amides is 1. The molecule has 0 atom stereocenters. The van der Waals surface area contributed by atoms with Crippen molar-refractivity contribution in [2.75, 3.05) is 13.1 Å². The normalized spacial score (nSPS) is 10.7. The van der Waals surface area contributed by atoms with E-state index in [-0.39, 0.29) is 11.4 Å². The number of hydrogen-bond donors (Lipinski definition) is 2. The van der Waals surface area contributed by atoms with Crippen molar-refractivity contribution in [3.8, 4) is 6.07 Å². The third-order valence-electron chi connectivity index (χ3n) is 1.46. The molecule has 0 aromatic carbocycles. The molecule has 80 valence electrons. The fourth-order valence-electron chi connectivity index (χ4n) is 0.952. The lowest BCUT2D eigenvalue weighted by Crippen LogP contribution is -2.41. The second-order valence-electron chi connectivity index (χ2n) is 4.21. The molecule has 0 heterocycles. The number of nitrogens with one attached hydrogen (secondary N) is 2. The third kappa shape index (κ3) is 9.01. The lowest BCUT2D eigenvalue weighted by molar-refractivity contribution is -0.122. The Kier molecular flexibility index (Phi) is 5.89. The Hall–Kier alpha value is -1.08. The van der Waals surface area contributed by atoms with E-state index in [0.29, 0.717) is 25.9 Å². The van der Waals surface area contributed by atoms with Crippen LogP contribution in [0.3, 0.4) is 0 Å². The van der Waals surface area contributed by atoms with Gasteiger partial charge in [0, 0.05) is 31.5 Å². The van der Waals surface area contributed by atoms with Gasteiger partial charge in [-0.15, -0.1) is 0 Å². The van der Waals surface area contributed by atoms with Gasteiger partial charge in [-0.1, -0.05) is 0 Å². The van der Waals surface area contributed by atoms with Crippen molar-refractivity contribution in [3.63, 3.8) is 0 Å². The zero-order chi connectivity index (χ0) is 11.0. The van der Waals surface area contributed by atoms with E-state index in [0.717, 1.165) is 0 Å². The maximum absolute atomic E-state index is 11.3. The number of nitriles is 1. The summed E-state index contributed by atoms with van der Waals surface area (Å²) < 4.78 is 0. The highest BCUT2D eigenvalue weighted by Crippen LogP contribution is 1.98. The first-order valence-electron chi connectivity index (χ1n) is 4.84. The topological polar surface area (TPSA) is 64.9 Å². The molecule has 0 radical (unpaired) electrons. The molecular formula is C10H19N3O. The largest absolute Gasteiger partial charge is 0.351 e. The summed E-state index contributed by atoms with van der Waals surface area (Å²) in [5.41, 5.74) is -0.163. The van der Waals surface area contributed by atoms with Crippen molar-refractivity contribution in [1.29, 1.82) is 5.26 Å². The molecule has 0 saturated heterocycles. The smallest absolute Gasteiger partial charge is 0.221 e. The fourth-order valence-corrected chi connectivity index (χ4v) is 0.952. The lowest BCUT2D eigenvalue weighted by Gasteiger charge is -2.20. The average Bonchev–Trinajstić information content (AvgIpc) is 2.00. The lowest BCUT2D eigenvalue weighted by atomic mass is 10.1. The van der Waals surface area contributed by atoms with Crippen molar-refractivity contribution in [3.05, 3.63) is 0 Å². The minimum absolute atomic E-state index is 0.0435. The average molecular weight is 197 g/mol. The van der Waals surface area contributed by atoms with Crippen LogP contribution in [0.5, 0.6) is 0 Å². The number of hydrogen-bond acceptors (Lipinski definition) is 3. The van der Waals surface area contributed by atoms with Gasteiger partial charge in [0.25, 0.3) is 0 Å². The van der Waals surface area contributed by atoms with Crippen molar-refractivity contribution >= 4 is 5.91 Å². The Morgan fingerprint density at radius 3 is 2.50 bits per heavy atom. The molecule has 0 bridgehead atoms. The highest BCUT2D eigenvalue weighted by atomic mass is 16.1. The molecule has 1 amide bonds. The standard InChI is InChI=1S/C10H19N3O/c1-10(2,3)13-9(14)5-8-12-7-4-6-11/h12H,4-5,7-8H2,1-3H3,(H,13,14). The number of carbonyl (C=O) groups is 1. The van der Waals surface area contributed by atoms with Crippen LogP contribution in [-0.4, -0.2) is 24.5 Å². The number of rotatable bonds is 5. The van der Waals surface area contributed by atoms with Gasteiger partial charge in [-0.2, -0.15) is 5.26 Å². The predicted molar refractivity (Wildman–Crippen MR) is 55.6 cm³/mol. The number of nitrogens with zero attached hydrogens (tertiary/aromatic N) is 1. The van der Waals surface area contributed by atoms with Gasteiger partial charge in [-0.3, -0.25) is 4.79 Å². The van der Waals surface area contributed by atoms with Gasteiger partial charge in [0.2, 0.25) is 5.91 Å². The molecule has 14 heavy (non-hydrogen) atoms. The summed E-state index contributed by atoms with van der Waals surface area (Å²) in [6.07, 6.45) is 0.948. The minimum atomic E-state index is -0.163. The van der Waals surface area contributed by atoms with Gasteiger partial charge in [0.05, 0.1) is 6.07 Å².